The first-order chi connectivity index (χ1) is 9.42. The van der Waals surface area contributed by atoms with Crippen molar-refractivity contribution in [3.8, 4) is 9.75 Å². The largest absolute Gasteiger partial charge is 0.310 e. The molecule has 0 bridgehead atoms. The molecule has 0 saturated heterocycles. The van der Waals surface area contributed by atoms with E-state index in [1.54, 1.807) is 11.3 Å². The van der Waals surface area contributed by atoms with Gasteiger partial charge in [0, 0.05) is 17.6 Å². The Hall–Kier alpha value is -0.710. The van der Waals surface area contributed by atoms with Crippen molar-refractivity contribution in [2.45, 2.75) is 38.6 Å². The van der Waals surface area contributed by atoms with Crippen LogP contribution in [-0.4, -0.2) is 11.5 Å². The Balaban J connectivity index is 1.48. The third-order valence-electron chi connectivity index (χ3n) is 3.75. The lowest BCUT2D eigenvalue weighted by atomic mass is 9.89. The molecule has 2 aromatic rings. The zero-order chi connectivity index (χ0) is 12.9. The molecule has 1 saturated carbocycles. The first kappa shape index (κ1) is 13.3. The fraction of sp³-hybridized carbons (Fsp3) is 0.533. The molecule has 19 heavy (non-hydrogen) atoms. The molecule has 2 heterocycles. The Bertz CT molecular complexity index is 484. The van der Waals surface area contributed by atoms with Gasteiger partial charge in [-0.25, -0.2) is 4.98 Å². The molecule has 1 N–H and O–H groups in total. The molecule has 1 fully saturated rings. The van der Waals surface area contributed by atoms with Crippen LogP contribution in [0.5, 0.6) is 0 Å². The maximum Gasteiger partial charge on any atom is 0.107 e. The summed E-state index contributed by atoms with van der Waals surface area (Å²) < 4.78 is 0. The van der Waals surface area contributed by atoms with E-state index >= 15 is 0 Å². The van der Waals surface area contributed by atoms with Gasteiger partial charge in [0.25, 0.3) is 0 Å². The molecule has 2 nitrogen and oxygen atoms in total. The third-order valence-corrected chi connectivity index (χ3v) is 5.81. The standard InChI is InChI=1S/C15H20N2S2/c1-2-5-12(6-3-1)9-16-11-15-17-10-14(19-15)13-7-4-8-18-13/h4,7-8,10,12,16H,1-3,5-6,9,11H2. The van der Waals surface area contributed by atoms with Crippen LogP contribution in [0.1, 0.15) is 37.1 Å². The molecule has 0 radical (unpaired) electrons. The second kappa shape index (κ2) is 6.64. The van der Waals surface area contributed by atoms with Crippen LogP contribution in [0.2, 0.25) is 0 Å². The highest BCUT2D eigenvalue weighted by atomic mass is 32.1. The molecule has 4 heteroatoms. The minimum atomic E-state index is 0.894. The quantitative estimate of drug-likeness (QED) is 0.875. The van der Waals surface area contributed by atoms with Crippen LogP contribution in [0, 0.1) is 5.92 Å². The number of nitrogens with one attached hydrogen (secondary N) is 1. The molecule has 0 spiro atoms. The molecule has 1 aliphatic carbocycles. The Morgan fingerprint density at radius 2 is 2.11 bits per heavy atom. The Morgan fingerprint density at radius 1 is 1.21 bits per heavy atom. The summed E-state index contributed by atoms with van der Waals surface area (Å²) in [6.07, 6.45) is 9.11. The van der Waals surface area contributed by atoms with Crippen LogP contribution >= 0.6 is 22.7 Å². The van der Waals surface area contributed by atoms with Gasteiger partial charge >= 0.3 is 0 Å². The van der Waals surface area contributed by atoms with Gasteiger partial charge in [-0.3, -0.25) is 0 Å². The van der Waals surface area contributed by atoms with Crippen molar-refractivity contribution in [2.75, 3.05) is 6.54 Å². The van der Waals surface area contributed by atoms with Gasteiger partial charge in [0.2, 0.25) is 0 Å². The predicted octanol–water partition coefficient (Wildman–Crippen LogP) is 4.54. The first-order valence-electron chi connectivity index (χ1n) is 7.11. The molecular weight excluding hydrogens is 272 g/mol. The summed E-state index contributed by atoms with van der Waals surface area (Å²) in [6, 6.07) is 4.26. The van der Waals surface area contributed by atoms with Crippen molar-refractivity contribution in [2.24, 2.45) is 5.92 Å². The van der Waals surface area contributed by atoms with E-state index in [0.717, 1.165) is 19.0 Å². The zero-order valence-corrected chi connectivity index (χ0v) is 12.7. The summed E-state index contributed by atoms with van der Waals surface area (Å²) in [4.78, 5) is 7.14. The van der Waals surface area contributed by atoms with E-state index in [9.17, 15) is 0 Å². The maximum atomic E-state index is 4.52. The number of hydrogen-bond donors (Lipinski definition) is 1. The van der Waals surface area contributed by atoms with Crippen LogP contribution in [-0.2, 0) is 6.54 Å². The van der Waals surface area contributed by atoms with Crippen molar-refractivity contribution >= 4 is 22.7 Å². The average molecular weight is 292 g/mol. The van der Waals surface area contributed by atoms with E-state index in [1.165, 1.54) is 46.9 Å². The van der Waals surface area contributed by atoms with E-state index in [-0.39, 0.29) is 0 Å². The highest BCUT2D eigenvalue weighted by Gasteiger charge is 2.13. The van der Waals surface area contributed by atoms with Gasteiger partial charge in [-0.1, -0.05) is 25.3 Å². The SMILES string of the molecule is c1csc(-c2cnc(CNCC3CCCCC3)s2)c1. The minimum absolute atomic E-state index is 0.894. The summed E-state index contributed by atoms with van der Waals surface area (Å²) in [5, 5.41) is 6.91. The average Bonchev–Trinajstić information content (AvgIpc) is 3.10. The van der Waals surface area contributed by atoms with Crippen molar-refractivity contribution in [3.05, 3.63) is 28.7 Å². The van der Waals surface area contributed by atoms with Crippen molar-refractivity contribution in [1.82, 2.24) is 10.3 Å². The third kappa shape index (κ3) is 3.65. The fourth-order valence-electron chi connectivity index (χ4n) is 2.70. The number of thiophene rings is 1. The van der Waals surface area contributed by atoms with Crippen LogP contribution in [0.3, 0.4) is 0 Å². The summed E-state index contributed by atoms with van der Waals surface area (Å²) in [5.41, 5.74) is 0. The molecule has 3 rings (SSSR count). The molecule has 0 aliphatic heterocycles. The van der Waals surface area contributed by atoms with Crippen LogP contribution in [0.15, 0.2) is 23.7 Å². The second-order valence-electron chi connectivity index (χ2n) is 5.23. The Kier molecular flexibility index (Phi) is 4.64. The molecule has 1 aliphatic rings. The van der Waals surface area contributed by atoms with Crippen LogP contribution in [0.25, 0.3) is 9.75 Å². The van der Waals surface area contributed by atoms with E-state index < -0.39 is 0 Å². The van der Waals surface area contributed by atoms with Crippen molar-refractivity contribution < 1.29 is 0 Å². The maximum absolute atomic E-state index is 4.52. The number of nitrogens with zero attached hydrogens (tertiary/aromatic N) is 1. The number of hydrogen-bond acceptors (Lipinski definition) is 4. The summed E-state index contributed by atoms with van der Waals surface area (Å²) in [6.45, 7) is 2.08. The first-order valence-corrected chi connectivity index (χ1v) is 8.81. The van der Waals surface area contributed by atoms with Gasteiger partial charge in [-0.05, 0) is 36.8 Å². The molecule has 0 atom stereocenters. The summed E-state index contributed by atoms with van der Waals surface area (Å²) >= 11 is 3.60. The highest BCUT2D eigenvalue weighted by Crippen LogP contribution is 2.29. The summed E-state index contributed by atoms with van der Waals surface area (Å²) in [7, 11) is 0. The van der Waals surface area contributed by atoms with Crippen molar-refractivity contribution in [1.29, 1.82) is 0 Å². The van der Waals surface area contributed by atoms with Crippen LogP contribution in [0.4, 0.5) is 0 Å². The van der Waals surface area contributed by atoms with E-state index in [4.69, 9.17) is 0 Å². The molecule has 0 unspecified atom stereocenters. The Labute approximate surface area is 122 Å². The number of thiazole rings is 1. The number of aromatic nitrogens is 1. The lowest BCUT2D eigenvalue weighted by Crippen LogP contribution is -2.24. The Morgan fingerprint density at radius 3 is 2.89 bits per heavy atom. The van der Waals surface area contributed by atoms with Crippen molar-refractivity contribution in [3.63, 3.8) is 0 Å². The smallest absolute Gasteiger partial charge is 0.107 e. The van der Waals surface area contributed by atoms with Gasteiger partial charge < -0.3 is 5.32 Å². The molecular formula is C15H20N2S2. The van der Waals surface area contributed by atoms with Gasteiger partial charge in [-0.15, -0.1) is 22.7 Å². The lowest BCUT2D eigenvalue weighted by Gasteiger charge is -2.21. The molecule has 2 aromatic heterocycles. The minimum Gasteiger partial charge on any atom is -0.310 e. The normalized spacial score (nSPS) is 16.8. The highest BCUT2D eigenvalue weighted by molar-refractivity contribution is 7.21. The topological polar surface area (TPSA) is 24.9 Å². The lowest BCUT2D eigenvalue weighted by molar-refractivity contribution is 0.342. The van der Waals surface area contributed by atoms with E-state index in [0.29, 0.717) is 0 Å². The molecule has 102 valence electrons. The second-order valence-corrected chi connectivity index (χ2v) is 7.29. The molecule has 0 amide bonds. The van der Waals surface area contributed by atoms with Gasteiger partial charge in [0.1, 0.15) is 5.01 Å². The van der Waals surface area contributed by atoms with Gasteiger partial charge in [0.05, 0.1) is 4.88 Å². The monoisotopic (exact) mass is 292 g/mol. The zero-order valence-electron chi connectivity index (χ0n) is 11.1. The van der Waals surface area contributed by atoms with Gasteiger partial charge in [0.15, 0.2) is 0 Å². The van der Waals surface area contributed by atoms with Crippen LogP contribution < -0.4 is 5.32 Å². The predicted molar refractivity (Wildman–Crippen MR) is 83.7 cm³/mol. The fourth-order valence-corrected chi connectivity index (χ4v) is 4.41. The van der Waals surface area contributed by atoms with E-state index in [1.807, 2.05) is 17.5 Å². The molecule has 0 aromatic carbocycles. The number of rotatable bonds is 5. The van der Waals surface area contributed by atoms with E-state index in [2.05, 4.69) is 27.8 Å². The van der Waals surface area contributed by atoms with Gasteiger partial charge in [-0.2, -0.15) is 0 Å². The summed E-state index contributed by atoms with van der Waals surface area (Å²) in [5.74, 6) is 0.894.